The molecule has 1 unspecified atom stereocenters. The fourth-order valence-electron chi connectivity index (χ4n) is 1.79. The van der Waals surface area contributed by atoms with Crippen molar-refractivity contribution in [3.63, 3.8) is 0 Å². The van der Waals surface area contributed by atoms with Crippen LogP contribution in [0.3, 0.4) is 0 Å². The van der Waals surface area contributed by atoms with Gasteiger partial charge in [-0.05, 0) is 29.9 Å². The number of thioether (sulfide) groups is 1. The van der Waals surface area contributed by atoms with Gasteiger partial charge in [-0.2, -0.15) is 11.8 Å². The summed E-state index contributed by atoms with van der Waals surface area (Å²) < 4.78 is 14.1. The summed E-state index contributed by atoms with van der Waals surface area (Å²) in [6, 6.07) is 7.53. The van der Waals surface area contributed by atoms with Gasteiger partial charge in [-0.15, -0.1) is 0 Å². The first-order valence-electron chi connectivity index (χ1n) is 4.79. The molecule has 1 aliphatic rings. The summed E-state index contributed by atoms with van der Waals surface area (Å²) in [5, 5.41) is 0. The second-order valence-corrected chi connectivity index (χ2v) is 4.98. The predicted molar refractivity (Wildman–Crippen MR) is 60.3 cm³/mol. The average Bonchev–Trinajstić information content (AvgIpc) is 2.51. The predicted octanol–water partition coefficient (Wildman–Crippen LogP) is 2.66. The van der Waals surface area contributed by atoms with E-state index in [9.17, 15) is 4.39 Å². The van der Waals surface area contributed by atoms with E-state index in [-0.39, 0.29) is 0 Å². The van der Waals surface area contributed by atoms with Gasteiger partial charge >= 0.3 is 0 Å². The lowest BCUT2D eigenvalue weighted by molar-refractivity contribution is 0.199. The first kappa shape index (κ1) is 9.84. The Morgan fingerprint density at radius 3 is 3.00 bits per heavy atom. The van der Waals surface area contributed by atoms with Gasteiger partial charge < -0.3 is 5.73 Å². The van der Waals surface area contributed by atoms with Crippen molar-refractivity contribution < 1.29 is 4.39 Å². The zero-order valence-electron chi connectivity index (χ0n) is 8.00. The minimum Gasteiger partial charge on any atom is -0.399 e. The molecule has 0 aromatic heterocycles. The number of nitrogens with two attached hydrogens (primary N) is 1. The molecule has 0 spiro atoms. The van der Waals surface area contributed by atoms with Crippen LogP contribution in [0.15, 0.2) is 24.3 Å². The molecule has 2 rings (SSSR count). The maximum Gasteiger partial charge on any atom is 0.124 e. The van der Waals surface area contributed by atoms with E-state index < -0.39 is 5.67 Å². The maximum atomic E-state index is 14.1. The maximum absolute atomic E-state index is 14.1. The molecule has 1 aliphatic heterocycles. The summed E-state index contributed by atoms with van der Waals surface area (Å²) in [4.78, 5) is 0. The van der Waals surface area contributed by atoms with Gasteiger partial charge in [0.25, 0.3) is 0 Å². The van der Waals surface area contributed by atoms with Gasteiger partial charge in [0, 0.05) is 17.9 Å². The topological polar surface area (TPSA) is 26.0 Å². The van der Waals surface area contributed by atoms with Gasteiger partial charge in [-0.3, -0.25) is 0 Å². The zero-order valence-corrected chi connectivity index (χ0v) is 8.82. The van der Waals surface area contributed by atoms with Crippen molar-refractivity contribution in [2.24, 2.45) is 0 Å². The van der Waals surface area contributed by atoms with E-state index in [1.54, 1.807) is 11.8 Å². The molecule has 1 atom stereocenters. The second-order valence-electron chi connectivity index (χ2n) is 3.88. The summed E-state index contributed by atoms with van der Waals surface area (Å²) in [7, 11) is 0. The highest BCUT2D eigenvalue weighted by atomic mass is 32.2. The summed E-state index contributed by atoms with van der Waals surface area (Å²) in [6.07, 6.45) is 1.18. The molecule has 0 amide bonds. The van der Waals surface area contributed by atoms with E-state index in [1.165, 1.54) is 0 Å². The smallest absolute Gasteiger partial charge is 0.124 e. The van der Waals surface area contributed by atoms with Crippen LogP contribution in [0, 0.1) is 0 Å². The number of benzene rings is 1. The number of nitrogen functional groups attached to an aromatic ring is 1. The SMILES string of the molecule is Nc1cccc(CC2(F)CCSC2)c1. The molecule has 1 aromatic rings. The molecule has 3 heteroatoms. The van der Waals surface area contributed by atoms with Gasteiger partial charge in [0.05, 0.1) is 0 Å². The van der Waals surface area contributed by atoms with Crippen molar-refractivity contribution in [3.8, 4) is 0 Å². The molecule has 2 N–H and O–H groups in total. The molecule has 0 aliphatic carbocycles. The normalized spacial score (nSPS) is 26.6. The lowest BCUT2D eigenvalue weighted by atomic mass is 9.96. The molecule has 14 heavy (non-hydrogen) atoms. The number of anilines is 1. The van der Waals surface area contributed by atoms with Crippen LogP contribution in [0.5, 0.6) is 0 Å². The summed E-state index contributed by atoms with van der Waals surface area (Å²) in [5.74, 6) is 1.57. The first-order valence-corrected chi connectivity index (χ1v) is 5.95. The zero-order chi connectivity index (χ0) is 10.0. The molecule has 1 nitrogen and oxygen atoms in total. The van der Waals surface area contributed by atoms with Gasteiger partial charge in [0.2, 0.25) is 0 Å². The molecule has 1 aromatic carbocycles. The van der Waals surface area contributed by atoms with Crippen LogP contribution in [-0.4, -0.2) is 17.2 Å². The Kier molecular flexibility index (Phi) is 2.68. The molecule has 0 radical (unpaired) electrons. The molecule has 0 bridgehead atoms. The summed E-state index contributed by atoms with van der Waals surface area (Å²) in [5.41, 5.74) is 6.38. The monoisotopic (exact) mass is 211 g/mol. The Labute approximate surface area is 87.9 Å². The van der Waals surface area contributed by atoms with E-state index in [0.29, 0.717) is 18.6 Å². The van der Waals surface area contributed by atoms with Crippen LogP contribution in [0.1, 0.15) is 12.0 Å². The van der Waals surface area contributed by atoms with Crippen LogP contribution in [0.25, 0.3) is 0 Å². The molecule has 1 heterocycles. The molecule has 76 valence electrons. The van der Waals surface area contributed by atoms with Crippen LogP contribution in [0.4, 0.5) is 10.1 Å². The number of rotatable bonds is 2. The lowest BCUT2D eigenvalue weighted by Gasteiger charge is -2.17. The minimum absolute atomic E-state index is 0.505. The Morgan fingerprint density at radius 2 is 2.36 bits per heavy atom. The molecular weight excluding hydrogens is 197 g/mol. The average molecular weight is 211 g/mol. The van der Waals surface area contributed by atoms with Gasteiger partial charge in [-0.1, -0.05) is 12.1 Å². The fourth-order valence-corrected chi connectivity index (χ4v) is 3.06. The van der Waals surface area contributed by atoms with Crippen LogP contribution < -0.4 is 5.73 Å². The van der Waals surface area contributed by atoms with E-state index in [4.69, 9.17) is 5.73 Å². The number of halogens is 1. The second kappa shape index (κ2) is 3.81. The van der Waals surface area contributed by atoms with Crippen LogP contribution in [0.2, 0.25) is 0 Å². The lowest BCUT2D eigenvalue weighted by Crippen LogP contribution is -2.25. The van der Waals surface area contributed by atoms with Crippen molar-refractivity contribution in [3.05, 3.63) is 29.8 Å². The van der Waals surface area contributed by atoms with Crippen LogP contribution in [-0.2, 0) is 6.42 Å². The first-order chi connectivity index (χ1) is 6.68. The standard InChI is InChI=1S/C11H14FNS/c12-11(4-5-14-8-11)7-9-2-1-3-10(13)6-9/h1-3,6H,4-5,7-8,13H2. The highest BCUT2D eigenvalue weighted by Gasteiger charge is 2.34. The van der Waals surface area contributed by atoms with E-state index in [0.717, 1.165) is 17.0 Å². The van der Waals surface area contributed by atoms with Gasteiger partial charge in [-0.25, -0.2) is 4.39 Å². The summed E-state index contributed by atoms with van der Waals surface area (Å²) in [6.45, 7) is 0. The molecular formula is C11H14FNS. The van der Waals surface area contributed by atoms with Crippen molar-refractivity contribution >= 4 is 17.4 Å². The quantitative estimate of drug-likeness (QED) is 0.761. The van der Waals surface area contributed by atoms with Gasteiger partial charge in [0.15, 0.2) is 0 Å². The Balaban J connectivity index is 2.10. The largest absolute Gasteiger partial charge is 0.399 e. The van der Waals surface area contributed by atoms with E-state index >= 15 is 0 Å². The third-order valence-corrected chi connectivity index (χ3v) is 3.74. The molecule has 1 fully saturated rings. The molecule has 0 saturated carbocycles. The van der Waals surface area contributed by atoms with Crippen molar-refractivity contribution in [2.45, 2.75) is 18.5 Å². The highest BCUT2D eigenvalue weighted by molar-refractivity contribution is 7.99. The third kappa shape index (κ3) is 2.21. The molecule has 1 saturated heterocycles. The van der Waals surface area contributed by atoms with Crippen molar-refractivity contribution in [1.29, 1.82) is 0 Å². The fraction of sp³-hybridized carbons (Fsp3) is 0.455. The number of hydrogen-bond acceptors (Lipinski definition) is 2. The Bertz CT molecular complexity index is 321. The third-order valence-electron chi connectivity index (χ3n) is 2.53. The van der Waals surface area contributed by atoms with Crippen LogP contribution >= 0.6 is 11.8 Å². The van der Waals surface area contributed by atoms with Crippen molar-refractivity contribution in [1.82, 2.24) is 0 Å². The minimum atomic E-state index is -1.00. The van der Waals surface area contributed by atoms with E-state index in [2.05, 4.69) is 0 Å². The number of alkyl halides is 1. The van der Waals surface area contributed by atoms with Crippen molar-refractivity contribution in [2.75, 3.05) is 17.2 Å². The summed E-state index contributed by atoms with van der Waals surface area (Å²) >= 11 is 1.70. The Morgan fingerprint density at radius 1 is 1.50 bits per heavy atom. The van der Waals surface area contributed by atoms with Gasteiger partial charge in [0.1, 0.15) is 5.67 Å². The Hall–Kier alpha value is -0.700. The number of hydrogen-bond donors (Lipinski definition) is 1. The highest BCUT2D eigenvalue weighted by Crippen LogP contribution is 2.34. The van der Waals surface area contributed by atoms with E-state index in [1.807, 2.05) is 24.3 Å².